The van der Waals surface area contributed by atoms with Crippen molar-refractivity contribution in [3.05, 3.63) is 65.7 Å². The van der Waals surface area contributed by atoms with Crippen molar-refractivity contribution in [2.75, 3.05) is 32.8 Å². The van der Waals surface area contributed by atoms with Gasteiger partial charge in [0, 0.05) is 37.2 Å². The van der Waals surface area contributed by atoms with Gasteiger partial charge < -0.3 is 9.64 Å². The fourth-order valence-corrected chi connectivity index (χ4v) is 3.76. The maximum atomic E-state index is 12.4. The first-order valence-electron chi connectivity index (χ1n) is 9.33. The van der Waals surface area contributed by atoms with Gasteiger partial charge in [-0.05, 0) is 61.7 Å². The van der Waals surface area contributed by atoms with Crippen molar-refractivity contribution in [2.45, 2.75) is 18.7 Å². The molecule has 142 valence electrons. The van der Waals surface area contributed by atoms with E-state index in [4.69, 9.17) is 4.74 Å². The molecule has 1 amide bonds. The van der Waals surface area contributed by atoms with E-state index in [0.29, 0.717) is 6.61 Å². The summed E-state index contributed by atoms with van der Waals surface area (Å²) in [5.41, 5.74) is 2.27. The molecule has 0 saturated carbocycles. The topological polar surface area (TPSA) is 32.8 Å². The van der Waals surface area contributed by atoms with Crippen LogP contribution in [0.2, 0.25) is 0 Å². The van der Waals surface area contributed by atoms with Crippen LogP contribution in [0.1, 0.15) is 18.1 Å². The molecule has 0 bridgehead atoms. The molecule has 0 aliphatic carbocycles. The van der Waals surface area contributed by atoms with Crippen LogP contribution in [-0.4, -0.2) is 47.9 Å². The van der Waals surface area contributed by atoms with Crippen LogP contribution in [0.3, 0.4) is 0 Å². The van der Waals surface area contributed by atoms with E-state index in [0.717, 1.165) is 37.5 Å². The second-order valence-corrected chi connectivity index (χ2v) is 7.66. The Morgan fingerprint density at radius 2 is 1.70 bits per heavy atom. The van der Waals surface area contributed by atoms with Gasteiger partial charge >= 0.3 is 0 Å². The van der Waals surface area contributed by atoms with Crippen molar-refractivity contribution in [3.8, 4) is 5.75 Å². The standard InChI is InChI=1S/C22H26N2O2S/c1-3-26-20-9-6-19(7-10-20)8-13-22(25)23-14-16-24(17-15-23)27-21-11-4-18(2)5-12-21/h4-13H,3,14-17H2,1-2H3/b13-8+. The number of hydrogen-bond donors (Lipinski definition) is 0. The first-order valence-corrected chi connectivity index (χ1v) is 10.1. The number of piperazine rings is 1. The second-order valence-electron chi connectivity index (χ2n) is 6.49. The second kappa shape index (κ2) is 9.62. The van der Waals surface area contributed by atoms with Gasteiger partial charge in [-0.25, -0.2) is 4.31 Å². The molecule has 1 aliphatic heterocycles. The zero-order valence-corrected chi connectivity index (χ0v) is 16.7. The lowest BCUT2D eigenvalue weighted by Gasteiger charge is -2.33. The van der Waals surface area contributed by atoms with Gasteiger partial charge in [0.15, 0.2) is 0 Å². The van der Waals surface area contributed by atoms with Crippen molar-refractivity contribution >= 4 is 23.9 Å². The molecule has 0 unspecified atom stereocenters. The Hall–Kier alpha value is -2.24. The molecular formula is C22H26N2O2S. The Labute approximate surface area is 165 Å². The molecule has 1 aliphatic rings. The third-order valence-corrected chi connectivity index (χ3v) is 5.52. The average molecular weight is 383 g/mol. The highest BCUT2D eigenvalue weighted by molar-refractivity contribution is 7.97. The summed E-state index contributed by atoms with van der Waals surface area (Å²) in [7, 11) is 0. The normalized spacial score (nSPS) is 15.3. The van der Waals surface area contributed by atoms with Gasteiger partial charge in [0.2, 0.25) is 5.91 Å². The lowest BCUT2D eigenvalue weighted by molar-refractivity contribution is -0.127. The minimum Gasteiger partial charge on any atom is -0.494 e. The highest BCUT2D eigenvalue weighted by Crippen LogP contribution is 2.24. The molecule has 0 atom stereocenters. The molecule has 0 spiro atoms. The summed E-state index contributed by atoms with van der Waals surface area (Å²) >= 11 is 1.77. The highest BCUT2D eigenvalue weighted by atomic mass is 32.2. The smallest absolute Gasteiger partial charge is 0.246 e. The fourth-order valence-electron chi connectivity index (χ4n) is 2.86. The molecule has 3 rings (SSSR count). The van der Waals surface area contributed by atoms with Gasteiger partial charge in [0.1, 0.15) is 5.75 Å². The maximum Gasteiger partial charge on any atom is 0.246 e. The number of rotatable bonds is 6. The molecule has 5 heteroatoms. The largest absolute Gasteiger partial charge is 0.494 e. The number of carbonyl (C=O) groups is 1. The van der Waals surface area contributed by atoms with Crippen molar-refractivity contribution < 1.29 is 9.53 Å². The van der Waals surface area contributed by atoms with E-state index in [1.807, 2.05) is 42.2 Å². The number of nitrogens with zero attached hydrogens (tertiary/aromatic N) is 2. The number of hydrogen-bond acceptors (Lipinski definition) is 4. The van der Waals surface area contributed by atoms with E-state index in [1.54, 1.807) is 18.0 Å². The molecule has 1 saturated heterocycles. The quantitative estimate of drug-likeness (QED) is 0.552. The lowest BCUT2D eigenvalue weighted by atomic mass is 10.2. The Bertz CT molecular complexity index is 764. The molecule has 0 radical (unpaired) electrons. The Kier molecular flexibility index (Phi) is 6.96. The van der Waals surface area contributed by atoms with Crippen LogP contribution in [0.4, 0.5) is 0 Å². The first kappa shape index (κ1) is 19.5. The molecule has 2 aromatic rings. The number of amides is 1. The van der Waals surface area contributed by atoms with Gasteiger partial charge in [-0.3, -0.25) is 4.79 Å². The van der Waals surface area contributed by atoms with E-state index in [-0.39, 0.29) is 5.91 Å². The van der Waals surface area contributed by atoms with Gasteiger partial charge in [0.25, 0.3) is 0 Å². The zero-order chi connectivity index (χ0) is 19.1. The van der Waals surface area contributed by atoms with E-state index < -0.39 is 0 Å². The van der Waals surface area contributed by atoms with Crippen LogP contribution in [0.5, 0.6) is 5.75 Å². The van der Waals surface area contributed by atoms with Crippen molar-refractivity contribution in [2.24, 2.45) is 0 Å². The summed E-state index contributed by atoms with van der Waals surface area (Å²) in [6.45, 7) is 7.98. The molecular weight excluding hydrogens is 356 g/mol. The van der Waals surface area contributed by atoms with Crippen molar-refractivity contribution in [1.29, 1.82) is 0 Å². The van der Waals surface area contributed by atoms with E-state index in [9.17, 15) is 4.79 Å². The van der Waals surface area contributed by atoms with Crippen molar-refractivity contribution in [1.82, 2.24) is 9.21 Å². The van der Waals surface area contributed by atoms with Crippen LogP contribution in [0, 0.1) is 6.92 Å². The molecule has 1 fully saturated rings. The van der Waals surface area contributed by atoms with E-state index >= 15 is 0 Å². The zero-order valence-electron chi connectivity index (χ0n) is 15.9. The van der Waals surface area contributed by atoms with Crippen LogP contribution < -0.4 is 4.74 Å². The van der Waals surface area contributed by atoms with Gasteiger partial charge in [-0.1, -0.05) is 29.8 Å². The predicted molar refractivity (Wildman–Crippen MR) is 112 cm³/mol. The molecule has 0 N–H and O–H groups in total. The van der Waals surface area contributed by atoms with Crippen LogP contribution >= 0.6 is 11.9 Å². The Balaban J connectivity index is 1.47. The fraction of sp³-hybridized carbons (Fsp3) is 0.318. The summed E-state index contributed by atoms with van der Waals surface area (Å²) in [5, 5.41) is 0. The van der Waals surface area contributed by atoms with E-state index in [2.05, 4.69) is 35.5 Å². The van der Waals surface area contributed by atoms with Crippen molar-refractivity contribution in [3.63, 3.8) is 0 Å². The summed E-state index contributed by atoms with van der Waals surface area (Å²) in [5.74, 6) is 0.923. The third-order valence-electron chi connectivity index (χ3n) is 4.42. The molecule has 27 heavy (non-hydrogen) atoms. The van der Waals surface area contributed by atoms with Gasteiger partial charge in [0.05, 0.1) is 6.61 Å². The summed E-state index contributed by atoms with van der Waals surface area (Å²) in [4.78, 5) is 15.6. The maximum absolute atomic E-state index is 12.4. The third kappa shape index (κ3) is 5.88. The van der Waals surface area contributed by atoms with Crippen LogP contribution in [-0.2, 0) is 4.79 Å². The Morgan fingerprint density at radius 3 is 2.33 bits per heavy atom. The highest BCUT2D eigenvalue weighted by Gasteiger charge is 2.20. The predicted octanol–water partition coefficient (Wildman–Crippen LogP) is 4.26. The van der Waals surface area contributed by atoms with Gasteiger partial charge in [-0.15, -0.1) is 0 Å². The number of aryl methyl sites for hydroxylation is 1. The molecule has 1 heterocycles. The van der Waals surface area contributed by atoms with Crippen LogP contribution in [0.15, 0.2) is 59.5 Å². The number of benzene rings is 2. The van der Waals surface area contributed by atoms with Crippen LogP contribution in [0.25, 0.3) is 6.08 Å². The number of ether oxygens (including phenoxy) is 1. The molecule has 0 aromatic heterocycles. The SMILES string of the molecule is CCOc1ccc(/C=C/C(=O)N2CCN(Sc3ccc(C)cc3)CC2)cc1. The Morgan fingerprint density at radius 1 is 1.04 bits per heavy atom. The summed E-state index contributed by atoms with van der Waals surface area (Å²) in [6.07, 6.45) is 3.53. The minimum absolute atomic E-state index is 0.0730. The first-order chi connectivity index (χ1) is 13.1. The summed E-state index contributed by atoms with van der Waals surface area (Å²) in [6, 6.07) is 16.3. The van der Waals surface area contributed by atoms with Gasteiger partial charge in [-0.2, -0.15) is 0 Å². The minimum atomic E-state index is 0.0730. The van der Waals surface area contributed by atoms with E-state index in [1.165, 1.54) is 10.5 Å². The molecule has 4 nitrogen and oxygen atoms in total. The number of carbonyl (C=O) groups excluding carboxylic acids is 1. The lowest BCUT2D eigenvalue weighted by Crippen LogP contribution is -2.45. The molecule has 2 aromatic carbocycles. The average Bonchev–Trinajstić information content (AvgIpc) is 2.70. The monoisotopic (exact) mass is 382 g/mol. The summed E-state index contributed by atoms with van der Waals surface area (Å²) < 4.78 is 7.76.